The molecule has 3 N–H and O–H groups in total. The van der Waals surface area contributed by atoms with E-state index in [0.29, 0.717) is 6.54 Å². The zero-order valence-electron chi connectivity index (χ0n) is 9.11. The summed E-state index contributed by atoms with van der Waals surface area (Å²) in [6, 6.07) is 0. The lowest BCUT2D eigenvalue weighted by molar-refractivity contribution is -0.138. The van der Waals surface area contributed by atoms with Crippen molar-refractivity contribution in [3.63, 3.8) is 0 Å². The molecule has 1 heterocycles. The number of amides is 1. The molecule has 1 aliphatic heterocycles. The van der Waals surface area contributed by atoms with Gasteiger partial charge < -0.3 is 15.7 Å². The number of piperidine rings is 1. The predicted molar refractivity (Wildman–Crippen MR) is 57.1 cm³/mol. The minimum absolute atomic E-state index is 0.194. The number of aliphatic hydroxyl groups is 1. The van der Waals surface area contributed by atoms with E-state index in [1.54, 1.807) is 0 Å². The van der Waals surface area contributed by atoms with Gasteiger partial charge in [0.2, 0.25) is 5.91 Å². The van der Waals surface area contributed by atoms with Crippen molar-refractivity contribution in [2.45, 2.75) is 25.7 Å². The lowest BCUT2D eigenvalue weighted by Crippen LogP contribution is -2.46. The SMILES string of the molecule is NCC1(C(=O)N2CCCC(CO)C2)CC1. The van der Waals surface area contributed by atoms with Crippen molar-refractivity contribution in [2.75, 3.05) is 26.2 Å². The first kappa shape index (κ1) is 10.9. The number of rotatable bonds is 3. The van der Waals surface area contributed by atoms with Gasteiger partial charge in [-0.25, -0.2) is 0 Å². The Kier molecular flexibility index (Phi) is 2.98. The van der Waals surface area contributed by atoms with Crippen LogP contribution in [0, 0.1) is 11.3 Å². The highest BCUT2D eigenvalue weighted by Gasteiger charge is 2.50. The van der Waals surface area contributed by atoms with Crippen molar-refractivity contribution in [3.8, 4) is 0 Å². The van der Waals surface area contributed by atoms with E-state index in [9.17, 15) is 4.79 Å². The number of likely N-dealkylation sites (tertiary alicyclic amines) is 1. The van der Waals surface area contributed by atoms with E-state index in [-0.39, 0.29) is 23.8 Å². The van der Waals surface area contributed by atoms with Crippen molar-refractivity contribution in [1.29, 1.82) is 0 Å². The monoisotopic (exact) mass is 212 g/mol. The van der Waals surface area contributed by atoms with Gasteiger partial charge in [0.25, 0.3) is 0 Å². The van der Waals surface area contributed by atoms with Gasteiger partial charge >= 0.3 is 0 Å². The Morgan fingerprint density at radius 2 is 2.27 bits per heavy atom. The van der Waals surface area contributed by atoms with Crippen molar-refractivity contribution in [3.05, 3.63) is 0 Å². The fourth-order valence-corrected chi connectivity index (χ4v) is 2.39. The van der Waals surface area contributed by atoms with Crippen molar-refractivity contribution in [1.82, 2.24) is 4.90 Å². The number of hydrogen-bond donors (Lipinski definition) is 2. The molecule has 4 heteroatoms. The second-order valence-electron chi connectivity index (χ2n) is 4.93. The molecule has 0 bridgehead atoms. The number of nitrogens with zero attached hydrogens (tertiary/aromatic N) is 1. The maximum Gasteiger partial charge on any atom is 0.230 e. The zero-order valence-corrected chi connectivity index (χ0v) is 9.11. The van der Waals surface area contributed by atoms with Gasteiger partial charge in [0, 0.05) is 26.2 Å². The van der Waals surface area contributed by atoms with Gasteiger partial charge in [0.1, 0.15) is 0 Å². The van der Waals surface area contributed by atoms with Gasteiger partial charge in [-0.05, 0) is 31.6 Å². The number of carbonyl (C=O) groups is 1. The smallest absolute Gasteiger partial charge is 0.230 e. The molecule has 1 amide bonds. The molecule has 0 spiro atoms. The fourth-order valence-electron chi connectivity index (χ4n) is 2.39. The molecule has 0 aromatic heterocycles. The first-order chi connectivity index (χ1) is 7.22. The van der Waals surface area contributed by atoms with Gasteiger partial charge in [-0.1, -0.05) is 0 Å². The standard InChI is InChI=1S/C11H20N2O2/c12-8-11(3-4-11)10(15)13-5-1-2-9(6-13)7-14/h9,14H,1-8,12H2. The molecule has 86 valence electrons. The molecule has 1 saturated heterocycles. The molecule has 2 aliphatic rings. The summed E-state index contributed by atoms with van der Waals surface area (Å²) in [5.74, 6) is 0.499. The third-order valence-corrected chi connectivity index (χ3v) is 3.76. The summed E-state index contributed by atoms with van der Waals surface area (Å²) < 4.78 is 0. The van der Waals surface area contributed by atoms with Crippen LogP contribution in [0.2, 0.25) is 0 Å². The maximum atomic E-state index is 12.1. The van der Waals surface area contributed by atoms with Crippen LogP contribution in [0.25, 0.3) is 0 Å². The Balaban J connectivity index is 1.95. The van der Waals surface area contributed by atoms with Crippen LogP contribution in [0.4, 0.5) is 0 Å². The van der Waals surface area contributed by atoms with E-state index < -0.39 is 0 Å². The molecule has 1 saturated carbocycles. The molecule has 4 nitrogen and oxygen atoms in total. The zero-order chi connectivity index (χ0) is 10.9. The van der Waals surface area contributed by atoms with E-state index in [0.717, 1.165) is 38.8 Å². The summed E-state index contributed by atoms with van der Waals surface area (Å²) >= 11 is 0. The third-order valence-electron chi connectivity index (χ3n) is 3.76. The second-order valence-corrected chi connectivity index (χ2v) is 4.93. The Labute approximate surface area is 90.4 Å². The summed E-state index contributed by atoms with van der Waals surface area (Å²) in [6.45, 7) is 2.24. The first-order valence-corrected chi connectivity index (χ1v) is 5.82. The van der Waals surface area contributed by atoms with Crippen LogP contribution in [0.3, 0.4) is 0 Å². The lowest BCUT2D eigenvalue weighted by atomic mass is 9.96. The number of carbonyl (C=O) groups excluding carboxylic acids is 1. The predicted octanol–water partition coefficient (Wildman–Crippen LogP) is -0.0438. The molecular weight excluding hydrogens is 192 g/mol. The number of hydrogen-bond acceptors (Lipinski definition) is 3. The van der Waals surface area contributed by atoms with E-state index in [1.165, 1.54) is 0 Å². The lowest BCUT2D eigenvalue weighted by Gasteiger charge is -2.34. The van der Waals surface area contributed by atoms with E-state index in [1.807, 2.05) is 4.90 Å². The molecule has 2 rings (SSSR count). The Morgan fingerprint density at radius 1 is 1.53 bits per heavy atom. The van der Waals surface area contributed by atoms with Crippen LogP contribution >= 0.6 is 0 Å². The second kappa shape index (κ2) is 4.10. The van der Waals surface area contributed by atoms with Crippen molar-refractivity contribution >= 4 is 5.91 Å². The summed E-state index contributed by atoms with van der Waals surface area (Å²) in [5, 5.41) is 9.10. The Hall–Kier alpha value is -0.610. The van der Waals surface area contributed by atoms with Gasteiger partial charge in [-0.2, -0.15) is 0 Å². The molecule has 1 aliphatic carbocycles. The highest BCUT2D eigenvalue weighted by atomic mass is 16.3. The minimum atomic E-state index is -0.225. The van der Waals surface area contributed by atoms with Gasteiger partial charge in [-0.3, -0.25) is 4.79 Å². The molecule has 15 heavy (non-hydrogen) atoms. The molecule has 0 aromatic carbocycles. The van der Waals surface area contributed by atoms with E-state index >= 15 is 0 Å². The fraction of sp³-hybridized carbons (Fsp3) is 0.909. The van der Waals surface area contributed by atoms with Crippen LogP contribution in [0.15, 0.2) is 0 Å². The molecule has 0 radical (unpaired) electrons. The molecule has 2 fully saturated rings. The molecule has 0 aromatic rings. The maximum absolute atomic E-state index is 12.1. The van der Waals surface area contributed by atoms with Crippen molar-refractivity contribution in [2.24, 2.45) is 17.1 Å². The highest BCUT2D eigenvalue weighted by molar-refractivity contribution is 5.85. The van der Waals surface area contributed by atoms with Crippen LogP contribution in [-0.2, 0) is 4.79 Å². The van der Waals surface area contributed by atoms with Gasteiger partial charge in [0.15, 0.2) is 0 Å². The molecule has 1 unspecified atom stereocenters. The van der Waals surface area contributed by atoms with E-state index in [4.69, 9.17) is 10.8 Å². The quantitative estimate of drug-likeness (QED) is 0.689. The number of nitrogens with two attached hydrogens (primary N) is 1. The van der Waals surface area contributed by atoms with Crippen LogP contribution in [0.5, 0.6) is 0 Å². The third kappa shape index (κ3) is 2.01. The molecule has 1 atom stereocenters. The van der Waals surface area contributed by atoms with Crippen LogP contribution in [-0.4, -0.2) is 42.2 Å². The average Bonchev–Trinajstić information content (AvgIpc) is 3.09. The summed E-state index contributed by atoms with van der Waals surface area (Å²) in [7, 11) is 0. The normalized spacial score (nSPS) is 28.9. The average molecular weight is 212 g/mol. The number of aliphatic hydroxyl groups excluding tert-OH is 1. The van der Waals surface area contributed by atoms with Gasteiger partial charge in [-0.15, -0.1) is 0 Å². The van der Waals surface area contributed by atoms with Gasteiger partial charge in [0.05, 0.1) is 5.41 Å². The summed E-state index contributed by atoms with van der Waals surface area (Å²) in [5.41, 5.74) is 5.42. The first-order valence-electron chi connectivity index (χ1n) is 5.82. The van der Waals surface area contributed by atoms with E-state index in [2.05, 4.69) is 0 Å². The largest absolute Gasteiger partial charge is 0.396 e. The Morgan fingerprint density at radius 3 is 2.80 bits per heavy atom. The van der Waals surface area contributed by atoms with Crippen molar-refractivity contribution < 1.29 is 9.90 Å². The summed E-state index contributed by atoms with van der Waals surface area (Å²) in [6.07, 6.45) is 3.94. The topological polar surface area (TPSA) is 66.6 Å². The van der Waals surface area contributed by atoms with Crippen LogP contribution < -0.4 is 5.73 Å². The highest BCUT2D eigenvalue weighted by Crippen LogP contribution is 2.46. The summed E-state index contributed by atoms with van der Waals surface area (Å²) in [4.78, 5) is 14.0. The Bertz CT molecular complexity index is 251. The minimum Gasteiger partial charge on any atom is -0.396 e. The molecular formula is C11H20N2O2. The van der Waals surface area contributed by atoms with Crippen LogP contribution in [0.1, 0.15) is 25.7 Å².